The van der Waals surface area contributed by atoms with Crippen LogP contribution in [0.25, 0.3) is 0 Å². The maximum atomic E-state index is 12.0. The van der Waals surface area contributed by atoms with E-state index in [2.05, 4.69) is 0 Å². The Balaban J connectivity index is 1.83. The van der Waals surface area contributed by atoms with Gasteiger partial charge in [0.25, 0.3) is 0 Å². The zero-order valence-electron chi connectivity index (χ0n) is 9.98. The lowest BCUT2D eigenvalue weighted by Gasteiger charge is -2.21. The summed E-state index contributed by atoms with van der Waals surface area (Å²) in [6.07, 6.45) is 5.71. The molecule has 0 unspecified atom stereocenters. The fourth-order valence-electron chi connectivity index (χ4n) is 3.05. The highest BCUT2D eigenvalue weighted by molar-refractivity contribution is 6.01. The van der Waals surface area contributed by atoms with Crippen LogP contribution >= 0.6 is 0 Å². The summed E-state index contributed by atoms with van der Waals surface area (Å²) in [6, 6.07) is 5.81. The lowest BCUT2D eigenvalue weighted by Crippen LogP contribution is -2.31. The fraction of sp³-hybridized carbons (Fsp3) is 0.500. The van der Waals surface area contributed by atoms with Crippen molar-refractivity contribution in [1.29, 1.82) is 0 Å². The van der Waals surface area contributed by atoms with Crippen LogP contribution < -0.4 is 10.6 Å². The van der Waals surface area contributed by atoms with Crippen molar-refractivity contribution < 1.29 is 4.79 Å². The van der Waals surface area contributed by atoms with Gasteiger partial charge in [-0.25, -0.2) is 0 Å². The fourth-order valence-corrected chi connectivity index (χ4v) is 3.05. The van der Waals surface area contributed by atoms with Crippen molar-refractivity contribution in [3.63, 3.8) is 0 Å². The third-order valence-corrected chi connectivity index (χ3v) is 3.95. The molecule has 1 aromatic carbocycles. The molecule has 0 bridgehead atoms. The lowest BCUT2D eigenvalue weighted by atomic mass is 10.1. The molecule has 1 heterocycles. The predicted molar refractivity (Wildman–Crippen MR) is 68.9 cm³/mol. The lowest BCUT2D eigenvalue weighted by molar-refractivity contribution is -0.117. The van der Waals surface area contributed by atoms with Gasteiger partial charge in [0, 0.05) is 17.9 Å². The van der Waals surface area contributed by atoms with Gasteiger partial charge in [-0.2, -0.15) is 0 Å². The van der Waals surface area contributed by atoms with Crippen molar-refractivity contribution in [2.75, 3.05) is 17.2 Å². The van der Waals surface area contributed by atoms with Crippen LogP contribution in [0.15, 0.2) is 18.2 Å². The van der Waals surface area contributed by atoms with Crippen molar-refractivity contribution in [3.8, 4) is 0 Å². The number of anilines is 2. The number of rotatable bonds is 2. The molecule has 0 saturated heterocycles. The summed E-state index contributed by atoms with van der Waals surface area (Å²) in [7, 11) is 0. The minimum atomic E-state index is 0.234. The average Bonchev–Trinajstić information content (AvgIpc) is 2.88. The third-order valence-electron chi connectivity index (χ3n) is 3.95. The summed E-state index contributed by atoms with van der Waals surface area (Å²) in [4.78, 5) is 14.0. The van der Waals surface area contributed by atoms with E-state index in [4.69, 9.17) is 5.73 Å². The standard InChI is InChI=1S/C14H18N2O/c15-12-5-6-13-11(7-12)8-14(17)16(13)9-10-3-1-2-4-10/h5-7,10H,1-4,8-9,15H2. The molecule has 1 fully saturated rings. The summed E-state index contributed by atoms with van der Waals surface area (Å²) in [5, 5.41) is 0. The molecule has 3 nitrogen and oxygen atoms in total. The van der Waals surface area contributed by atoms with Crippen molar-refractivity contribution in [3.05, 3.63) is 23.8 Å². The topological polar surface area (TPSA) is 46.3 Å². The number of fused-ring (bicyclic) bond motifs is 1. The molecule has 0 atom stereocenters. The first-order valence-electron chi connectivity index (χ1n) is 6.43. The van der Waals surface area contributed by atoms with Crippen molar-refractivity contribution in [1.82, 2.24) is 0 Å². The summed E-state index contributed by atoms with van der Waals surface area (Å²) in [5.41, 5.74) is 8.68. The summed E-state index contributed by atoms with van der Waals surface area (Å²) in [6.45, 7) is 0.899. The monoisotopic (exact) mass is 230 g/mol. The Hall–Kier alpha value is -1.51. The van der Waals surface area contributed by atoms with E-state index < -0.39 is 0 Å². The van der Waals surface area contributed by atoms with E-state index in [0.29, 0.717) is 12.3 Å². The first-order valence-corrected chi connectivity index (χ1v) is 6.43. The highest BCUT2D eigenvalue weighted by Gasteiger charge is 2.29. The van der Waals surface area contributed by atoms with E-state index >= 15 is 0 Å². The maximum Gasteiger partial charge on any atom is 0.231 e. The van der Waals surface area contributed by atoms with Gasteiger partial charge < -0.3 is 10.6 Å². The summed E-state index contributed by atoms with van der Waals surface area (Å²) in [5.74, 6) is 0.931. The van der Waals surface area contributed by atoms with Gasteiger partial charge in [0.1, 0.15) is 0 Å². The normalized spacial score (nSPS) is 20.0. The highest BCUT2D eigenvalue weighted by Crippen LogP contribution is 2.34. The molecule has 1 aliphatic heterocycles. The summed E-state index contributed by atoms with van der Waals surface area (Å²) < 4.78 is 0. The first kappa shape index (κ1) is 10.6. The molecule has 1 aromatic rings. The molecule has 17 heavy (non-hydrogen) atoms. The molecule has 90 valence electrons. The number of nitrogens with zero attached hydrogens (tertiary/aromatic N) is 1. The zero-order valence-corrected chi connectivity index (χ0v) is 9.98. The molecule has 3 heteroatoms. The van der Waals surface area contributed by atoms with Crippen LogP contribution in [-0.2, 0) is 11.2 Å². The molecule has 1 saturated carbocycles. The molecule has 2 N–H and O–H groups in total. The minimum absolute atomic E-state index is 0.234. The Bertz CT molecular complexity index is 450. The Labute approximate surface area is 102 Å². The molecule has 1 aliphatic carbocycles. The van der Waals surface area contributed by atoms with Gasteiger partial charge in [-0.1, -0.05) is 12.8 Å². The summed E-state index contributed by atoms with van der Waals surface area (Å²) >= 11 is 0. The number of carbonyl (C=O) groups excluding carboxylic acids is 1. The van der Waals surface area contributed by atoms with Crippen molar-refractivity contribution in [2.24, 2.45) is 5.92 Å². The van der Waals surface area contributed by atoms with Crippen molar-refractivity contribution >= 4 is 17.3 Å². The van der Waals surface area contributed by atoms with Gasteiger partial charge >= 0.3 is 0 Å². The Morgan fingerprint density at radius 1 is 1.29 bits per heavy atom. The second kappa shape index (κ2) is 4.06. The molecular weight excluding hydrogens is 212 g/mol. The number of nitrogens with two attached hydrogens (primary N) is 1. The van der Waals surface area contributed by atoms with Crippen LogP contribution in [0.2, 0.25) is 0 Å². The SMILES string of the molecule is Nc1ccc2c(c1)CC(=O)N2CC1CCCC1. The largest absolute Gasteiger partial charge is 0.399 e. The van der Waals surface area contributed by atoms with Crippen LogP contribution in [0.4, 0.5) is 11.4 Å². The molecule has 1 amide bonds. The second-order valence-corrected chi connectivity index (χ2v) is 5.22. The van der Waals surface area contributed by atoms with E-state index in [1.54, 1.807) is 0 Å². The van der Waals surface area contributed by atoms with Crippen LogP contribution in [0.1, 0.15) is 31.2 Å². The number of amides is 1. The number of hydrogen-bond donors (Lipinski definition) is 1. The number of hydrogen-bond acceptors (Lipinski definition) is 2. The van der Waals surface area contributed by atoms with Crippen LogP contribution in [-0.4, -0.2) is 12.5 Å². The Morgan fingerprint density at radius 3 is 2.82 bits per heavy atom. The van der Waals surface area contributed by atoms with E-state index in [1.165, 1.54) is 25.7 Å². The Kier molecular flexibility index (Phi) is 2.54. The van der Waals surface area contributed by atoms with E-state index in [9.17, 15) is 4.79 Å². The minimum Gasteiger partial charge on any atom is -0.399 e. The highest BCUT2D eigenvalue weighted by atomic mass is 16.2. The molecule has 3 rings (SSSR count). The number of nitrogen functional groups attached to an aromatic ring is 1. The molecule has 0 spiro atoms. The number of carbonyl (C=O) groups is 1. The number of benzene rings is 1. The molecule has 0 radical (unpaired) electrons. The molecule has 0 aromatic heterocycles. The van der Waals surface area contributed by atoms with E-state index in [1.807, 2.05) is 23.1 Å². The van der Waals surface area contributed by atoms with Gasteiger partial charge in [-0.15, -0.1) is 0 Å². The average molecular weight is 230 g/mol. The third kappa shape index (κ3) is 1.90. The van der Waals surface area contributed by atoms with Gasteiger partial charge in [-0.3, -0.25) is 4.79 Å². The van der Waals surface area contributed by atoms with Crippen molar-refractivity contribution in [2.45, 2.75) is 32.1 Å². The van der Waals surface area contributed by atoms with Gasteiger partial charge in [-0.05, 0) is 42.5 Å². The van der Waals surface area contributed by atoms with E-state index in [0.717, 1.165) is 23.5 Å². The quantitative estimate of drug-likeness (QED) is 0.793. The zero-order chi connectivity index (χ0) is 11.8. The van der Waals surface area contributed by atoms with Gasteiger partial charge in [0.2, 0.25) is 5.91 Å². The maximum absolute atomic E-state index is 12.0. The Morgan fingerprint density at radius 2 is 2.06 bits per heavy atom. The van der Waals surface area contributed by atoms with Gasteiger partial charge in [0.05, 0.1) is 6.42 Å². The van der Waals surface area contributed by atoms with E-state index in [-0.39, 0.29) is 5.91 Å². The second-order valence-electron chi connectivity index (χ2n) is 5.22. The smallest absolute Gasteiger partial charge is 0.231 e. The predicted octanol–water partition coefficient (Wildman–Crippen LogP) is 2.35. The molecular formula is C14H18N2O. The van der Waals surface area contributed by atoms with Crippen LogP contribution in [0, 0.1) is 5.92 Å². The van der Waals surface area contributed by atoms with Crippen LogP contribution in [0.3, 0.4) is 0 Å². The van der Waals surface area contributed by atoms with Crippen LogP contribution in [0.5, 0.6) is 0 Å². The first-order chi connectivity index (χ1) is 8.24. The molecule has 2 aliphatic rings. The van der Waals surface area contributed by atoms with Gasteiger partial charge in [0.15, 0.2) is 0 Å².